The molecule has 0 bridgehead atoms. The first-order chi connectivity index (χ1) is 7.18. The summed E-state index contributed by atoms with van der Waals surface area (Å²) in [4.78, 5) is 24.0. The summed E-state index contributed by atoms with van der Waals surface area (Å²) < 4.78 is 0. The molecule has 0 N–H and O–H groups in total. The Morgan fingerprint density at radius 3 is 1.60 bits per heavy atom. The van der Waals surface area contributed by atoms with E-state index in [-0.39, 0.29) is 23.7 Å². The van der Waals surface area contributed by atoms with Crippen molar-refractivity contribution in [2.24, 2.45) is 17.8 Å². The van der Waals surface area contributed by atoms with Crippen LogP contribution in [0.25, 0.3) is 0 Å². The van der Waals surface area contributed by atoms with Gasteiger partial charge in [0.2, 0.25) is 11.8 Å². The fourth-order valence-electron chi connectivity index (χ4n) is 2.00. The number of rotatable bonds is 1. The number of amides is 2. The van der Waals surface area contributed by atoms with Crippen LogP contribution in [-0.2, 0) is 9.59 Å². The van der Waals surface area contributed by atoms with Crippen LogP contribution in [0.1, 0.15) is 41.5 Å². The molecule has 1 aliphatic carbocycles. The number of imide groups is 1. The summed E-state index contributed by atoms with van der Waals surface area (Å²) in [5.74, 6) is 0.507. The second kappa shape index (κ2) is 5.89. The highest BCUT2D eigenvalue weighted by Gasteiger charge is 2.64. The molecule has 0 aromatic rings. The largest absolute Gasteiger partial charge is 0.282 e. The van der Waals surface area contributed by atoms with Gasteiger partial charge >= 0.3 is 0 Å². The van der Waals surface area contributed by atoms with Crippen molar-refractivity contribution in [3.8, 4) is 0 Å². The number of piperidine rings is 1. The first-order valence-corrected chi connectivity index (χ1v) is 6.03. The Bertz CT molecular complexity index is 216. The van der Waals surface area contributed by atoms with Crippen molar-refractivity contribution in [2.75, 3.05) is 6.54 Å². The summed E-state index contributed by atoms with van der Waals surface area (Å²) in [7, 11) is 0. The highest BCUT2D eigenvalue weighted by molar-refractivity contribution is 6.09. The summed E-state index contributed by atoms with van der Waals surface area (Å²) in [6.07, 6.45) is 0. The Kier molecular flexibility index (Phi) is 5.55. The van der Waals surface area contributed by atoms with Crippen LogP contribution in [0, 0.1) is 17.8 Å². The number of carbonyl (C=O) groups excluding carboxylic acids is 2. The van der Waals surface area contributed by atoms with E-state index in [0.717, 1.165) is 0 Å². The van der Waals surface area contributed by atoms with Crippen LogP contribution < -0.4 is 0 Å². The van der Waals surface area contributed by atoms with Gasteiger partial charge in [0.1, 0.15) is 0 Å². The fourth-order valence-corrected chi connectivity index (χ4v) is 2.00. The minimum absolute atomic E-state index is 0.0439. The Morgan fingerprint density at radius 1 is 1.00 bits per heavy atom. The molecule has 0 spiro atoms. The molecule has 2 aliphatic rings. The summed E-state index contributed by atoms with van der Waals surface area (Å²) in [6.45, 7) is 12.3. The van der Waals surface area contributed by atoms with Crippen LogP contribution in [-0.4, -0.2) is 23.3 Å². The van der Waals surface area contributed by atoms with Crippen LogP contribution in [0.5, 0.6) is 0 Å². The number of nitrogens with zero attached hydrogens (tertiary/aromatic N) is 1. The van der Waals surface area contributed by atoms with E-state index in [2.05, 4.69) is 0 Å². The monoisotopic (exact) mass is 213 g/mol. The van der Waals surface area contributed by atoms with Crippen LogP contribution in [0.15, 0.2) is 0 Å². The zero-order valence-corrected chi connectivity index (χ0v) is 10.7. The average molecular weight is 213 g/mol. The van der Waals surface area contributed by atoms with Crippen LogP contribution in [0.4, 0.5) is 0 Å². The van der Waals surface area contributed by atoms with Crippen molar-refractivity contribution in [3.63, 3.8) is 0 Å². The maximum atomic E-state index is 11.3. The minimum atomic E-state index is 0.0439. The normalized spacial score (nSPS) is 31.1. The quantitative estimate of drug-likeness (QED) is 0.627. The lowest BCUT2D eigenvalue weighted by Crippen LogP contribution is -2.33. The molecule has 0 radical (unpaired) electrons. The van der Waals surface area contributed by atoms with Gasteiger partial charge in [-0.2, -0.15) is 0 Å². The van der Waals surface area contributed by atoms with Crippen LogP contribution in [0.3, 0.4) is 0 Å². The van der Waals surface area contributed by atoms with E-state index in [1.54, 1.807) is 0 Å². The highest BCUT2D eigenvalue weighted by atomic mass is 16.2. The second-order valence-corrected chi connectivity index (χ2v) is 3.33. The standard InChI is InChI=1S/C8H11NO2.2C2H6/c1-3-9-7(10)5-4(2)6(5)8(9)11;2*1-2/h4-6H,3H2,1-2H3;2*1-2H3. The smallest absolute Gasteiger partial charge is 0.233 e. The Morgan fingerprint density at radius 2 is 1.33 bits per heavy atom. The molecule has 88 valence electrons. The number of hydrogen-bond acceptors (Lipinski definition) is 2. The molecule has 1 saturated heterocycles. The summed E-state index contributed by atoms with van der Waals surface area (Å²) in [6, 6.07) is 0. The fraction of sp³-hybridized carbons (Fsp3) is 0.833. The number of fused-ring (bicyclic) bond motifs is 1. The summed E-state index contributed by atoms with van der Waals surface area (Å²) >= 11 is 0. The lowest BCUT2D eigenvalue weighted by molar-refractivity contribution is -0.141. The van der Waals surface area contributed by atoms with Gasteiger partial charge in [0.15, 0.2) is 0 Å². The Balaban J connectivity index is 0.000000442. The van der Waals surface area contributed by atoms with Crippen molar-refractivity contribution < 1.29 is 9.59 Å². The van der Waals surface area contributed by atoms with E-state index < -0.39 is 0 Å². The number of hydrogen-bond donors (Lipinski definition) is 0. The molecule has 2 amide bonds. The molecule has 0 aromatic carbocycles. The molecule has 3 heteroatoms. The van der Waals surface area contributed by atoms with E-state index in [1.807, 2.05) is 41.5 Å². The van der Waals surface area contributed by atoms with E-state index in [4.69, 9.17) is 0 Å². The van der Waals surface area contributed by atoms with Crippen molar-refractivity contribution >= 4 is 11.8 Å². The third kappa shape index (κ3) is 2.21. The molecule has 1 aliphatic heterocycles. The zero-order valence-electron chi connectivity index (χ0n) is 10.7. The number of likely N-dealkylation sites (tertiary alicyclic amines) is 1. The SMILES string of the molecule is CC.CC.CCN1C(=O)C2C(C)C2C1=O. The van der Waals surface area contributed by atoms with Crippen molar-refractivity contribution in [2.45, 2.75) is 41.5 Å². The third-order valence-corrected chi connectivity index (χ3v) is 2.80. The second-order valence-electron chi connectivity index (χ2n) is 3.33. The average Bonchev–Trinajstić information content (AvgIpc) is 2.88. The number of carbonyl (C=O) groups is 2. The maximum absolute atomic E-state index is 11.3. The summed E-state index contributed by atoms with van der Waals surface area (Å²) in [5, 5.41) is 0. The molecule has 2 atom stereocenters. The molecular weight excluding hydrogens is 190 g/mol. The Labute approximate surface area is 92.8 Å². The molecule has 1 heterocycles. The lowest BCUT2D eigenvalue weighted by atomic mass is 10.3. The minimum Gasteiger partial charge on any atom is -0.282 e. The van der Waals surface area contributed by atoms with Gasteiger partial charge in [-0.05, 0) is 12.8 Å². The van der Waals surface area contributed by atoms with E-state index in [1.165, 1.54) is 4.90 Å². The Hall–Kier alpha value is -0.860. The molecule has 2 unspecified atom stereocenters. The van der Waals surface area contributed by atoms with Crippen LogP contribution in [0.2, 0.25) is 0 Å². The van der Waals surface area contributed by atoms with E-state index in [0.29, 0.717) is 12.5 Å². The molecule has 3 nitrogen and oxygen atoms in total. The van der Waals surface area contributed by atoms with E-state index in [9.17, 15) is 9.59 Å². The van der Waals surface area contributed by atoms with Gasteiger partial charge in [-0.1, -0.05) is 34.6 Å². The maximum Gasteiger partial charge on any atom is 0.233 e. The van der Waals surface area contributed by atoms with Gasteiger partial charge in [-0.25, -0.2) is 0 Å². The van der Waals surface area contributed by atoms with Gasteiger partial charge in [0.05, 0.1) is 11.8 Å². The third-order valence-electron chi connectivity index (χ3n) is 2.80. The predicted octanol–water partition coefficient (Wildman–Crippen LogP) is 2.31. The van der Waals surface area contributed by atoms with Gasteiger partial charge in [-0.15, -0.1) is 0 Å². The van der Waals surface area contributed by atoms with Gasteiger partial charge < -0.3 is 0 Å². The van der Waals surface area contributed by atoms with Crippen molar-refractivity contribution in [1.82, 2.24) is 4.90 Å². The van der Waals surface area contributed by atoms with E-state index >= 15 is 0 Å². The van der Waals surface area contributed by atoms with Crippen LogP contribution >= 0.6 is 0 Å². The zero-order chi connectivity index (χ0) is 12.2. The molecule has 15 heavy (non-hydrogen) atoms. The molecular formula is C12H23NO2. The topological polar surface area (TPSA) is 37.4 Å². The molecule has 2 fully saturated rings. The molecule has 1 saturated carbocycles. The van der Waals surface area contributed by atoms with Crippen molar-refractivity contribution in [3.05, 3.63) is 0 Å². The van der Waals surface area contributed by atoms with Gasteiger partial charge in [0, 0.05) is 6.54 Å². The van der Waals surface area contributed by atoms with Gasteiger partial charge in [-0.3, -0.25) is 14.5 Å². The lowest BCUT2D eigenvalue weighted by Gasteiger charge is -2.13. The first-order valence-electron chi connectivity index (χ1n) is 6.03. The summed E-state index contributed by atoms with van der Waals surface area (Å²) in [5.41, 5.74) is 0. The van der Waals surface area contributed by atoms with Crippen molar-refractivity contribution in [1.29, 1.82) is 0 Å². The molecule has 0 aromatic heterocycles. The highest BCUT2D eigenvalue weighted by Crippen LogP contribution is 2.52. The van der Waals surface area contributed by atoms with Gasteiger partial charge in [0.25, 0.3) is 0 Å². The first kappa shape index (κ1) is 14.1. The predicted molar refractivity (Wildman–Crippen MR) is 61.2 cm³/mol. The molecule has 2 rings (SSSR count).